The van der Waals surface area contributed by atoms with E-state index in [4.69, 9.17) is 5.21 Å². The summed E-state index contributed by atoms with van der Waals surface area (Å²) in [6.07, 6.45) is 0. The fourth-order valence-corrected chi connectivity index (χ4v) is 1.41. The summed E-state index contributed by atoms with van der Waals surface area (Å²) in [5, 5.41) is 9.44. The van der Waals surface area contributed by atoms with Crippen LogP contribution in [0.3, 0.4) is 0 Å². The van der Waals surface area contributed by atoms with Crippen LogP contribution in [0.2, 0.25) is 0 Å². The van der Waals surface area contributed by atoms with Gasteiger partial charge >= 0.3 is 0 Å². The van der Waals surface area contributed by atoms with E-state index >= 15 is 0 Å². The number of hydrogen-bond donors (Lipinski definition) is 2. The molecule has 0 radical (unpaired) electrons. The minimum Gasteiger partial charge on any atom is -0.288 e. The van der Waals surface area contributed by atoms with E-state index in [-0.39, 0.29) is 5.69 Å². The summed E-state index contributed by atoms with van der Waals surface area (Å²) in [7, 11) is 0. The molecule has 0 aliphatic rings. The van der Waals surface area contributed by atoms with Crippen molar-refractivity contribution in [2.45, 2.75) is 6.92 Å². The van der Waals surface area contributed by atoms with Crippen LogP contribution < -0.4 is 5.48 Å². The number of aryl methyl sites for hydroxylation is 1. The molecule has 0 saturated heterocycles. The Balaban J connectivity index is 2.59. The van der Waals surface area contributed by atoms with E-state index in [1.165, 1.54) is 0 Å². The molecule has 0 spiro atoms. The lowest BCUT2D eigenvalue weighted by molar-refractivity contribution is 0.0701. The number of carbonyl (C=O) groups is 1. The number of carbonyl (C=O) groups excluding carboxylic acids is 1. The third-order valence-electron chi connectivity index (χ3n) is 2.18. The quantitative estimate of drug-likeness (QED) is 0.546. The Morgan fingerprint density at radius 3 is 2.80 bits per heavy atom. The molecule has 2 N–H and O–H groups in total. The van der Waals surface area contributed by atoms with Crippen LogP contribution in [0.4, 0.5) is 0 Å². The summed E-state index contributed by atoms with van der Waals surface area (Å²) < 4.78 is 0. The van der Waals surface area contributed by atoms with E-state index in [1.54, 1.807) is 17.6 Å². The van der Waals surface area contributed by atoms with E-state index < -0.39 is 5.91 Å². The van der Waals surface area contributed by atoms with Gasteiger partial charge in [0.1, 0.15) is 5.69 Å². The first-order chi connectivity index (χ1) is 7.20. The maximum absolute atomic E-state index is 11.1. The minimum atomic E-state index is -0.599. The second kappa shape index (κ2) is 3.67. The molecule has 0 saturated carbocycles. The SMILES string of the molecule is Cc1ccc2ccc(C(=O)NO)nc2c1. The molecule has 1 amide bonds. The minimum absolute atomic E-state index is 0.204. The first-order valence-electron chi connectivity index (χ1n) is 4.52. The summed E-state index contributed by atoms with van der Waals surface area (Å²) in [6, 6.07) is 9.19. The third-order valence-corrected chi connectivity index (χ3v) is 2.18. The standard InChI is InChI=1S/C11H10N2O2/c1-7-2-3-8-4-5-9(11(14)13-15)12-10(8)6-7/h2-6,15H,1H3,(H,13,14). The normalized spacial score (nSPS) is 10.3. The van der Waals surface area contributed by atoms with Gasteiger partial charge in [0.05, 0.1) is 5.52 Å². The molecule has 4 heteroatoms. The Kier molecular flexibility index (Phi) is 2.35. The van der Waals surface area contributed by atoms with Gasteiger partial charge in [0.2, 0.25) is 0 Å². The van der Waals surface area contributed by atoms with Crippen LogP contribution in [0.5, 0.6) is 0 Å². The van der Waals surface area contributed by atoms with E-state index in [0.29, 0.717) is 0 Å². The van der Waals surface area contributed by atoms with Crippen LogP contribution in [-0.2, 0) is 0 Å². The molecule has 1 aromatic heterocycles. The first-order valence-corrected chi connectivity index (χ1v) is 4.52. The van der Waals surface area contributed by atoms with Gasteiger partial charge in [-0.3, -0.25) is 10.0 Å². The van der Waals surface area contributed by atoms with Gasteiger partial charge in [0, 0.05) is 5.39 Å². The Hall–Kier alpha value is -1.94. The summed E-state index contributed by atoms with van der Waals surface area (Å²) in [4.78, 5) is 15.3. The Labute approximate surface area is 86.5 Å². The number of pyridine rings is 1. The predicted molar refractivity (Wildman–Crippen MR) is 55.7 cm³/mol. The average molecular weight is 202 g/mol. The number of nitrogens with zero attached hydrogens (tertiary/aromatic N) is 1. The van der Waals surface area contributed by atoms with Crippen molar-refractivity contribution < 1.29 is 10.0 Å². The van der Waals surface area contributed by atoms with E-state index in [1.807, 2.05) is 25.1 Å². The lowest BCUT2D eigenvalue weighted by Gasteiger charge is -2.01. The monoisotopic (exact) mass is 202 g/mol. The van der Waals surface area contributed by atoms with Crippen LogP contribution in [0.15, 0.2) is 30.3 Å². The van der Waals surface area contributed by atoms with Gasteiger partial charge in [-0.2, -0.15) is 0 Å². The highest BCUT2D eigenvalue weighted by atomic mass is 16.5. The van der Waals surface area contributed by atoms with Gasteiger partial charge in [-0.1, -0.05) is 18.2 Å². The Morgan fingerprint density at radius 2 is 2.07 bits per heavy atom. The summed E-state index contributed by atoms with van der Waals surface area (Å²) >= 11 is 0. The van der Waals surface area contributed by atoms with Gasteiger partial charge in [-0.05, 0) is 24.6 Å². The summed E-state index contributed by atoms with van der Waals surface area (Å²) in [5.74, 6) is -0.599. The lowest BCUT2D eigenvalue weighted by Crippen LogP contribution is -2.19. The largest absolute Gasteiger partial charge is 0.293 e. The smallest absolute Gasteiger partial charge is 0.288 e. The highest BCUT2D eigenvalue weighted by molar-refractivity contribution is 5.94. The zero-order valence-electron chi connectivity index (χ0n) is 8.19. The fraction of sp³-hybridized carbons (Fsp3) is 0.0909. The Morgan fingerprint density at radius 1 is 1.33 bits per heavy atom. The van der Waals surface area contributed by atoms with E-state index in [2.05, 4.69) is 4.98 Å². The van der Waals surface area contributed by atoms with Crippen molar-refractivity contribution in [3.8, 4) is 0 Å². The van der Waals surface area contributed by atoms with Crippen LogP contribution >= 0.6 is 0 Å². The maximum atomic E-state index is 11.1. The number of hydroxylamine groups is 1. The van der Waals surface area contributed by atoms with Gasteiger partial charge in [-0.25, -0.2) is 10.5 Å². The van der Waals surface area contributed by atoms with E-state index in [0.717, 1.165) is 16.5 Å². The fourth-order valence-electron chi connectivity index (χ4n) is 1.41. The number of hydrogen-bond acceptors (Lipinski definition) is 3. The molecule has 2 aromatic rings. The van der Waals surface area contributed by atoms with Crippen molar-refractivity contribution in [2.24, 2.45) is 0 Å². The molecule has 0 unspecified atom stereocenters. The number of amides is 1. The molecule has 0 atom stereocenters. The molecule has 0 bridgehead atoms. The zero-order valence-corrected chi connectivity index (χ0v) is 8.19. The van der Waals surface area contributed by atoms with Crippen molar-refractivity contribution >= 4 is 16.8 Å². The summed E-state index contributed by atoms with van der Waals surface area (Å²) in [6.45, 7) is 1.96. The topological polar surface area (TPSA) is 62.2 Å². The van der Waals surface area contributed by atoms with Crippen molar-refractivity contribution in [3.05, 3.63) is 41.6 Å². The second-order valence-corrected chi connectivity index (χ2v) is 3.33. The lowest BCUT2D eigenvalue weighted by atomic mass is 10.1. The van der Waals surface area contributed by atoms with Gasteiger partial charge in [-0.15, -0.1) is 0 Å². The van der Waals surface area contributed by atoms with Gasteiger partial charge < -0.3 is 0 Å². The summed E-state index contributed by atoms with van der Waals surface area (Å²) in [5.41, 5.74) is 3.59. The number of fused-ring (bicyclic) bond motifs is 1. The predicted octanol–water partition coefficient (Wildman–Crippen LogP) is 1.66. The van der Waals surface area contributed by atoms with E-state index in [9.17, 15) is 4.79 Å². The second-order valence-electron chi connectivity index (χ2n) is 3.33. The van der Waals surface area contributed by atoms with Crippen LogP contribution in [0.25, 0.3) is 10.9 Å². The molecular weight excluding hydrogens is 192 g/mol. The molecular formula is C11H10N2O2. The number of rotatable bonds is 1. The first kappa shape index (κ1) is 9.61. The molecule has 1 heterocycles. The molecule has 0 aliphatic heterocycles. The number of nitrogens with one attached hydrogen (secondary N) is 1. The van der Waals surface area contributed by atoms with Crippen LogP contribution in [0.1, 0.15) is 16.1 Å². The van der Waals surface area contributed by atoms with Crippen LogP contribution in [-0.4, -0.2) is 16.1 Å². The Bertz CT molecular complexity index is 523. The average Bonchev–Trinajstić information content (AvgIpc) is 2.27. The number of aromatic nitrogens is 1. The molecule has 0 aliphatic carbocycles. The highest BCUT2D eigenvalue weighted by Crippen LogP contribution is 2.14. The van der Waals surface area contributed by atoms with Crippen molar-refractivity contribution in [1.82, 2.24) is 10.5 Å². The maximum Gasteiger partial charge on any atom is 0.293 e. The third kappa shape index (κ3) is 1.80. The van der Waals surface area contributed by atoms with Crippen molar-refractivity contribution in [3.63, 3.8) is 0 Å². The van der Waals surface area contributed by atoms with Crippen molar-refractivity contribution in [1.29, 1.82) is 0 Å². The van der Waals surface area contributed by atoms with Crippen LogP contribution in [0, 0.1) is 6.92 Å². The zero-order chi connectivity index (χ0) is 10.8. The molecule has 4 nitrogen and oxygen atoms in total. The van der Waals surface area contributed by atoms with Gasteiger partial charge in [0.25, 0.3) is 5.91 Å². The molecule has 1 aromatic carbocycles. The number of benzene rings is 1. The van der Waals surface area contributed by atoms with Crippen molar-refractivity contribution in [2.75, 3.05) is 0 Å². The molecule has 15 heavy (non-hydrogen) atoms. The molecule has 2 rings (SSSR count). The van der Waals surface area contributed by atoms with Gasteiger partial charge in [0.15, 0.2) is 0 Å². The highest BCUT2D eigenvalue weighted by Gasteiger charge is 2.06. The molecule has 76 valence electrons. The molecule has 0 fully saturated rings.